The van der Waals surface area contributed by atoms with Gasteiger partial charge in [0.15, 0.2) is 0 Å². The summed E-state index contributed by atoms with van der Waals surface area (Å²) in [5, 5.41) is 11.3. The van der Waals surface area contributed by atoms with Gasteiger partial charge in [0.1, 0.15) is 23.8 Å². The van der Waals surface area contributed by atoms with Gasteiger partial charge >= 0.3 is 5.63 Å². The van der Waals surface area contributed by atoms with Crippen molar-refractivity contribution in [3.05, 3.63) is 73.8 Å². The first-order chi connectivity index (χ1) is 12.8. The molecule has 1 aromatic heterocycles. The third-order valence-electron chi connectivity index (χ3n) is 4.25. The maximum atomic E-state index is 13.9. The lowest BCUT2D eigenvalue weighted by Crippen LogP contribution is -2.24. The number of carbonyl (C=O) groups excluding carboxylic acids is 1. The molecule has 3 aromatic rings. The van der Waals surface area contributed by atoms with E-state index in [2.05, 4.69) is 15.9 Å². The van der Waals surface area contributed by atoms with E-state index in [1.807, 2.05) is 0 Å². The molecule has 0 amide bonds. The number of carbonyl (C=O) groups is 1. The highest BCUT2D eigenvalue weighted by Gasteiger charge is 2.12. The smallest absolute Gasteiger partial charge is 0.339 e. The van der Waals surface area contributed by atoms with Crippen LogP contribution < -0.4 is 15.5 Å². The Morgan fingerprint density at radius 2 is 2.04 bits per heavy atom. The molecular formula is C20H15BrFO5-. The van der Waals surface area contributed by atoms with Crippen molar-refractivity contribution in [3.63, 3.8) is 0 Å². The van der Waals surface area contributed by atoms with E-state index < -0.39 is 11.6 Å². The lowest BCUT2D eigenvalue weighted by Gasteiger charge is -2.11. The lowest BCUT2D eigenvalue weighted by atomic mass is 10.0. The molecule has 0 saturated heterocycles. The number of fused-ring (bicyclic) bond motifs is 1. The average Bonchev–Trinajstić information content (AvgIpc) is 2.60. The predicted octanol–water partition coefficient (Wildman–Crippen LogP) is 3.26. The minimum absolute atomic E-state index is 0.0253. The van der Waals surface area contributed by atoms with E-state index in [9.17, 15) is 19.1 Å². The summed E-state index contributed by atoms with van der Waals surface area (Å²) in [7, 11) is 0. The van der Waals surface area contributed by atoms with Crippen LogP contribution in [0.25, 0.3) is 11.0 Å². The summed E-state index contributed by atoms with van der Waals surface area (Å²) >= 11 is 3.20. The minimum atomic E-state index is -1.22. The van der Waals surface area contributed by atoms with Gasteiger partial charge in [-0.3, -0.25) is 0 Å². The molecule has 0 aliphatic heterocycles. The van der Waals surface area contributed by atoms with E-state index in [-0.39, 0.29) is 25.3 Å². The van der Waals surface area contributed by atoms with E-state index in [0.29, 0.717) is 37.9 Å². The first-order valence-electron chi connectivity index (χ1n) is 8.18. The first kappa shape index (κ1) is 19.1. The molecule has 0 radical (unpaired) electrons. The zero-order chi connectivity index (χ0) is 19.6. The number of ether oxygens (including phenoxy) is 1. The van der Waals surface area contributed by atoms with Gasteiger partial charge in [0.25, 0.3) is 0 Å². The number of hydrogen-bond acceptors (Lipinski definition) is 5. The van der Waals surface area contributed by atoms with E-state index >= 15 is 0 Å². The van der Waals surface area contributed by atoms with Crippen molar-refractivity contribution in [2.45, 2.75) is 26.4 Å². The van der Waals surface area contributed by atoms with Crippen molar-refractivity contribution in [1.82, 2.24) is 0 Å². The predicted molar refractivity (Wildman–Crippen MR) is 99.0 cm³/mol. The monoisotopic (exact) mass is 433 g/mol. The molecule has 0 atom stereocenters. The van der Waals surface area contributed by atoms with Crippen molar-refractivity contribution >= 4 is 32.9 Å². The average molecular weight is 434 g/mol. The molecule has 0 spiro atoms. The van der Waals surface area contributed by atoms with Gasteiger partial charge in [-0.25, -0.2) is 9.18 Å². The number of rotatable bonds is 6. The summed E-state index contributed by atoms with van der Waals surface area (Å²) in [5.74, 6) is -1.18. The van der Waals surface area contributed by atoms with Gasteiger partial charge < -0.3 is 19.1 Å². The summed E-state index contributed by atoms with van der Waals surface area (Å²) in [5.41, 5.74) is 1.11. The normalized spacial score (nSPS) is 10.9. The van der Waals surface area contributed by atoms with Crippen molar-refractivity contribution in [2.24, 2.45) is 0 Å². The second-order valence-electron chi connectivity index (χ2n) is 6.05. The number of hydrogen-bond donors (Lipinski definition) is 0. The Bertz CT molecular complexity index is 1070. The highest BCUT2D eigenvalue weighted by atomic mass is 79.9. The van der Waals surface area contributed by atoms with E-state index in [4.69, 9.17) is 9.15 Å². The van der Waals surface area contributed by atoms with Crippen LogP contribution in [0.15, 0.2) is 50.1 Å². The van der Waals surface area contributed by atoms with Crippen LogP contribution in [-0.2, 0) is 17.8 Å². The molecule has 0 unspecified atom stereocenters. The fourth-order valence-corrected chi connectivity index (χ4v) is 3.11. The summed E-state index contributed by atoms with van der Waals surface area (Å²) < 4.78 is 25.4. The molecular weight excluding hydrogens is 419 g/mol. The van der Waals surface area contributed by atoms with Gasteiger partial charge in [-0.2, -0.15) is 0 Å². The van der Waals surface area contributed by atoms with Crippen molar-refractivity contribution < 1.29 is 23.4 Å². The Morgan fingerprint density at radius 1 is 1.26 bits per heavy atom. The molecule has 2 aromatic carbocycles. The highest BCUT2D eigenvalue weighted by Crippen LogP contribution is 2.25. The largest absolute Gasteiger partial charge is 0.550 e. The van der Waals surface area contributed by atoms with Crippen molar-refractivity contribution in [3.8, 4) is 5.75 Å². The van der Waals surface area contributed by atoms with Gasteiger partial charge in [-0.05, 0) is 49.6 Å². The van der Waals surface area contributed by atoms with Crippen LogP contribution in [0.1, 0.15) is 23.1 Å². The standard InChI is InChI=1S/C20H16BrFO5/c1-11-15-5-4-14(26-10-12-2-3-13(21)8-17(12)22)9-18(15)27-20(25)16(11)6-7-19(23)24/h2-5,8-9H,6-7,10H2,1H3,(H,23,24)/p-1. The Hall–Kier alpha value is -2.67. The zero-order valence-electron chi connectivity index (χ0n) is 14.4. The molecule has 3 rings (SSSR count). The van der Waals surface area contributed by atoms with Crippen molar-refractivity contribution in [1.29, 1.82) is 0 Å². The Kier molecular flexibility index (Phi) is 5.60. The topological polar surface area (TPSA) is 79.6 Å². The quantitative estimate of drug-likeness (QED) is 0.557. The molecule has 0 aliphatic rings. The van der Waals surface area contributed by atoms with E-state index in [1.165, 1.54) is 6.07 Å². The number of carboxylic acids is 1. The first-order valence-corrected chi connectivity index (χ1v) is 8.97. The summed E-state index contributed by atoms with van der Waals surface area (Å²) in [4.78, 5) is 22.8. The molecule has 0 fully saturated rings. The number of aryl methyl sites for hydroxylation is 1. The minimum Gasteiger partial charge on any atom is -0.550 e. The second kappa shape index (κ2) is 7.92. The van der Waals surface area contributed by atoms with Crippen LogP contribution in [0.3, 0.4) is 0 Å². The number of aliphatic carboxylic acids is 1. The van der Waals surface area contributed by atoms with Gasteiger partial charge in [-0.15, -0.1) is 0 Å². The Labute approximate surface area is 162 Å². The third kappa shape index (κ3) is 4.36. The molecule has 5 nitrogen and oxygen atoms in total. The molecule has 0 saturated carbocycles. The molecule has 0 aliphatic carbocycles. The maximum Gasteiger partial charge on any atom is 0.339 e. The molecule has 1 heterocycles. The summed E-state index contributed by atoms with van der Waals surface area (Å²) in [6.07, 6.45) is -0.204. The maximum absolute atomic E-state index is 13.9. The van der Waals surface area contributed by atoms with Gasteiger partial charge in [0.05, 0.1) is 0 Å². The van der Waals surface area contributed by atoms with E-state index in [0.717, 1.165) is 0 Å². The van der Waals surface area contributed by atoms with Gasteiger partial charge in [-0.1, -0.05) is 22.0 Å². The Balaban J connectivity index is 1.86. The highest BCUT2D eigenvalue weighted by molar-refractivity contribution is 9.10. The number of carboxylic acid groups (broad SMARTS) is 1. The van der Waals surface area contributed by atoms with Crippen LogP contribution in [0.5, 0.6) is 5.75 Å². The summed E-state index contributed by atoms with van der Waals surface area (Å²) in [6, 6.07) is 9.67. The van der Waals surface area contributed by atoms with Crippen LogP contribution in [0, 0.1) is 12.7 Å². The number of halogens is 2. The second-order valence-corrected chi connectivity index (χ2v) is 6.96. The fraction of sp³-hybridized carbons (Fsp3) is 0.200. The van der Waals surface area contributed by atoms with Gasteiger partial charge in [0.2, 0.25) is 0 Å². The Morgan fingerprint density at radius 3 is 2.74 bits per heavy atom. The zero-order valence-corrected chi connectivity index (χ0v) is 16.0. The van der Waals surface area contributed by atoms with Crippen molar-refractivity contribution in [2.75, 3.05) is 0 Å². The SMILES string of the molecule is Cc1c(CCC(=O)[O-])c(=O)oc2cc(OCc3ccc(Br)cc3F)ccc12. The molecule has 140 valence electrons. The van der Waals surface area contributed by atoms with Crippen LogP contribution in [0.2, 0.25) is 0 Å². The molecule has 7 heteroatoms. The van der Waals surface area contributed by atoms with Crippen LogP contribution in [0.4, 0.5) is 4.39 Å². The lowest BCUT2D eigenvalue weighted by molar-refractivity contribution is -0.305. The van der Waals surface area contributed by atoms with Gasteiger partial charge in [0, 0.05) is 33.0 Å². The molecule has 0 N–H and O–H groups in total. The van der Waals surface area contributed by atoms with Crippen LogP contribution >= 0.6 is 15.9 Å². The van der Waals surface area contributed by atoms with E-state index in [1.54, 1.807) is 37.3 Å². The van der Waals surface area contributed by atoms with Crippen LogP contribution in [-0.4, -0.2) is 5.97 Å². The third-order valence-corrected chi connectivity index (χ3v) is 4.74. The molecule has 27 heavy (non-hydrogen) atoms. The summed E-state index contributed by atoms with van der Waals surface area (Å²) in [6.45, 7) is 1.76. The number of benzene rings is 2. The molecule has 0 bridgehead atoms. The fourth-order valence-electron chi connectivity index (χ4n) is 2.78.